The highest BCUT2D eigenvalue weighted by atomic mass is 16.2. The molecule has 2 heterocycles. The molecular weight excluding hydrogens is 326 g/mol. The Hall–Kier alpha value is -2.82. The summed E-state index contributed by atoms with van der Waals surface area (Å²) in [5, 5.41) is 2.97. The first-order chi connectivity index (χ1) is 12.7. The van der Waals surface area contributed by atoms with Crippen LogP contribution in [0.4, 0.5) is 17.1 Å². The largest absolute Gasteiger partial charge is 0.371 e. The second-order valence-corrected chi connectivity index (χ2v) is 6.89. The molecule has 2 amide bonds. The molecule has 0 saturated carbocycles. The van der Waals surface area contributed by atoms with Crippen LogP contribution in [0.5, 0.6) is 0 Å². The number of nitrogens with one attached hydrogen (secondary N) is 1. The van der Waals surface area contributed by atoms with Gasteiger partial charge in [0.1, 0.15) is 0 Å². The number of benzene rings is 2. The van der Waals surface area contributed by atoms with Crippen molar-refractivity contribution in [3.8, 4) is 0 Å². The second-order valence-electron chi connectivity index (χ2n) is 6.89. The lowest BCUT2D eigenvalue weighted by atomic mass is 10.1. The van der Waals surface area contributed by atoms with Gasteiger partial charge in [-0.25, -0.2) is 0 Å². The van der Waals surface area contributed by atoms with Gasteiger partial charge in [0, 0.05) is 48.7 Å². The van der Waals surface area contributed by atoms with Crippen LogP contribution in [0, 0.1) is 0 Å². The standard InChI is InChI=1S/C21H23N3O2/c25-20-7-4-14-24(20)18-10-8-16(9-11-18)21(26)22-17-5-3-6-19(15-17)23-12-1-2-13-23/h3,5-6,8-11,15H,1-2,4,7,12-14H2,(H,22,26). The maximum absolute atomic E-state index is 12.5. The molecule has 2 aliphatic heterocycles. The predicted molar refractivity (Wildman–Crippen MR) is 104 cm³/mol. The molecule has 2 aromatic carbocycles. The van der Waals surface area contributed by atoms with Gasteiger partial charge in [0.25, 0.3) is 5.91 Å². The normalized spacial score (nSPS) is 17.0. The molecule has 5 heteroatoms. The molecule has 0 unspecified atom stereocenters. The lowest BCUT2D eigenvalue weighted by molar-refractivity contribution is -0.117. The Bertz CT molecular complexity index is 810. The van der Waals surface area contributed by atoms with E-state index < -0.39 is 0 Å². The van der Waals surface area contributed by atoms with Crippen LogP contribution in [0.1, 0.15) is 36.0 Å². The maximum atomic E-state index is 12.5. The third-order valence-corrected chi connectivity index (χ3v) is 5.09. The van der Waals surface area contributed by atoms with E-state index in [1.165, 1.54) is 12.8 Å². The van der Waals surface area contributed by atoms with Crippen molar-refractivity contribution in [1.29, 1.82) is 0 Å². The minimum Gasteiger partial charge on any atom is -0.371 e. The van der Waals surface area contributed by atoms with Crippen molar-refractivity contribution < 1.29 is 9.59 Å². The van der Waals surface area contributed by atoms with Gasteiger partial charge in [-0.05, 0) is 61.7 Å². The quantitative estimate of drug-likeness (QED) is 0.916. The fraction of sp³-hybridized carbons (Fsp3) is 0.333. The van der Waals surface area contributed by atoms with Gasteiger partial charge < -0.3 is 15.1 Å². The molecule has 2 saturated heterocycles. The van der Waals surface area contributed by atoms with Gasteiger partial charge in [0.05, 0.1) is 0 Å². The van der Waals surface area contributed by atoms with Gasteiger partial charge in [-0.3, -0.25) is 9.59 Å². The van der Waals surface area contributed by atoms with Gasteiger partial charge in [-0.15, -0.1) is 0 Å². The minimum atomic E-state index is -0.136. The molecule has 2 aliphatic rings. The summed E-state index contributed by atoms with van der Waals surface area (Å²) in [4.78, 5) is 28.5. The Labute approximate surface area is 153 Å². The van der Waals surface area contributed by atoms with Crippen LogP contribution >= 0.6 is 0 Å². The highest BCUT2D eigenvalue weighted by Crippen LogP contribution is 2.24. The average Bonchev–Trinajstić information content (AvgIpc) is 3.34. The van der Waals surface area contributed by atoms with E-state index in [9.17, 15) is 9.59 Å². The van der Waals surface area contributed by atoms with Gasteiger partial charge in [0.15, 0.2) is 0 Å². The summed E-state index contributed by atoms with van der Waals surface area (Å²) in [6, 6.07) is 15.3. The molecule has 4 rings (SSSR count). The topological polar surface area (TPSA) is 52.7 Å². The molecule has 5 nitrogen and oxygen atoms in total. The summed E-state index contributed by atoms with van der Waals surface area (Å²) in [6.07, 6.45) is 3.95. The monoisotopic (exact) mass is 349 g/mol. The third kappa shape index (κ3) is 3.43. The summed E-state index contributed by atoms with van der Waals surface area (Å²) >= 11 is 0. The Morgan fingerprint density at radius 3 is 2.35 bits per heavy atom. The molecule has 134 valence electrons. The lowest BCUT2D eigenvalue weighted by Crippen LogP contribution is -2.23. The Kier molecular flexibility index (Phi) is 4.61. The first-order valence-corrected chi connectivity index (χ1v) is 9.27. The van der Waals surface area contributed by atoms with Crippen LogP contribution < -0.4 is 15.1 Å². The smallest absolute Gasteiger partial charge is 0.255 e. The van der Waals surface area contributed by atoms with E-state index in [1.54, 1.807) is 17.0 Å². The molecule has 2 aromatic rings. The van der Waals surface area contributed by atoms with Gasteiger partial charge >= 0.3 is 0 Å². The van der Waals surface area contributed by atoms with Crippen LogP contribution in [0.2, 0.25) is 0 Å². The minimum absolute atomic E-state index is 0.136. The molecule has 0 aromatic heterocycles. The molecular formula is C21H23N3O2. The number of hydrogen-bond donors (Lipinski definition) is 1. The highest BCUT2D eigenvalue weighted by molar-refractivity contribution is 6.05. The number of carbonyl (C=O) groups is 2. The zero-order valence-electron chi connectivity index (χ0n) is 14.8. The number of hydrogen-bond acceptors (Lipinski definition) is 3. The van der Waals surface area contributed by atoms with E-state index in [2.05, 4.69) is 16.3 Å². The molecule has 0 spiro atoms. The van der Waals surface area contributed by atoms with Crippen molar-refractivity contribution >= 4 is 28.9 Å². The van der Waals surface area contributed by atoms with Crippen LogP contribution in [-0.2, 0) is 4.79 Å². The lowest BCUT2D eigenvalue weighted by Gasteiger charge is -2.18. The van der Waals surface area contributed by atoms with Crippen molar-refractivity contribution in [1.82, 2.24) is 0 Å². The summed E-state index contributed by atoms with van der Waals surface area (Å²) < 4.78 is 0. The van der Waals surface area contributed by atoms with Gasteiger partial charge in [-0.1, -0.05) is 6.07 Å². The molecule has 0 aliphatic carbocycles. The molecule has 0 atom stereocenters. The van der Waals surface area contributed by atoms with Crippen molar-refractivity contribution in [2.75, 3.05) is 34.8 Å². The van der Waals surface area contributed by atoms with E-state index >= 15 is 0 Å². The van der Waals surface area contributed by atoms with Crippen molar-refractivity contribution in [2.45, 2.75) is 25.7 Å². The number of carbonyl (C=O) groups excluding carboxylic acids is 2. The second kappa shape index (κ2) is 7.20. The number of rotatable bonds is 4. The van der Waals surface area contributed by atoms with Crippen molar-refractivity contribution in [3.63, 3.8) is 0 Å². The number of nitrogens with zero attached hydrogens (tertiary/aromatic N) is 2. The molecule has 0 bridgehead atoms. The average molecular weight is 349 g/mol. The van der Waals surface area contributed by atoms with Crippen LogP contribution in [0.15, 0.2) is 48.5 Å². The van der Waals surface area contributed by atoms with Crippen LogP contribution in [0.25, 0.3) is 0 Å². The number of amides is 2. The first kappa shape index (κ1) is 16.6. The van der Waals surface area contributed by atoms with Gasteiger partial charge in [-0.2, -0.15) is 0 Å². The molecule has 26 heavy (non-hydrogen) atoms. The van der Waals surface area contributed by atoms with Crippen molar-refractivity contribution in [3.05, 3.63) is 54.1 Å². The van der Waals surface area contributed by atoms with Crippen LogP contribution in [0.3, 0.4) is 0 Å². The molecule has 1 N–H and O–H groups in total. The van der Waals surface area contributed by atoms with Crippen LogP contribution in [-0.4, -0.2) is 31.4 Å². The fourth-order valence-corrected chi connectivity index (χ4v) is 3.67. The Balaban J connectivity index is 1.44. The maximum Gasteiger partial charge on any atom is 0.255 e. The van der Waals surface area contributed by atoms with E-state index in [-0.39, 0.29) is 11.8 Å². The van der Waals surface area contributed by atoms with Crippen molar-refractivity contribution in [2.24, 2.45) is 0 Å². The predicted octanol–water partition coefficient (Wildman–Crippen LogP) is 3.67. The Morgan fingerprint density at radius 2 is 1.65 bits per heavy atom. The summed E-state index contributed by atoms with van der Waals surface area (Å²) in [5.74, 6) is 0.0174. The zero-order chi connectivity index (χ0) is 17.9. The molecule has 2 fully saturated rings. The van der Waals surface area contributed by atoms with E-state index in [0.29, 0.717) is 12.0 Å². The molecule has 0 radical (unpaired) electrons. The van der Waals surface area contributed by atoms with E-state index in [1.807, 2.05) is 30.3 Å². The highest BCUT2D eigenvalue weighted by Gasteiger charge is 2.21. The first-order valence-electron chi connectivity index (χ1n) is 9.27. The summed E-state index contributed by atoms with van der Waals surface area (Å²) in [6.45, 7) is 2.91. The summed E-state index contributed by atoms with van der Waals surface area (Å²) in [5.41, 5.74) is 3.41. The van der Waals surface area contributed by atoms with E-state index in [4.69, 9.17) is 0 Å². The zero-order valence-corrected chi connectivity index (χ0v) is 14.8. The van der Waals surface area contributed by atoms with Gasteiger partial charge in [0.2, 0.25) is 5.91 Å². The van der Waals surface area contributed by atoms with E-state index in [0.717, 1.165) is 43.1 Å². The SMILES string of the molecule is O=C(Nc1cccc(N2CCCC2)c1)c1ccc(N2CCCC2=O)cc1. The fourth-order valence-electron chi connectivity index (χ4n) is 3.67. The third-order valence-electron chi connectivity index (χ3n) is 5.09. The number of anilines is 3. The Morgan fingerprint density at radius 1 is 0.885 bits per heavy atom. The summed E-state index contributed by atoms with van der Waals surface area (Å²) in [7, 11) is 0.